The van der Waals surface area contributed by atoms with Gasteiger partial charge in [-0.1, -0.05) is 44.0 Å². The topological polar surface area (TPSA) is 42.1 Å². The Morgan fingerprint density at radius 1 is 0.900 bits per heavy atom. The summed E-state index contributed by atoms with van der Waals surface area (Å²) in [7, 11) is 0. The molecule has 0 spiro atoms. The van der Waals surface area contributed by atoms with E-state index in [1.807, 2.05) is 4.90 Å². The molecule has 6 nitrogen and oxygen atoms in total. The highest BCUT2D eigenvalue weighted by molar-refractivity contribution is 5.74. The van der Waals surface area contributed by atoms with Crippen molar-refractivity contribution < 1.29 is 4.79 Å². The monoisotopic (exact) mass is 413 g/mol. The Morgan fingerprint density at radius 3 is 2.20 bits per heavy atom. The molecule has 1 aromatic rings. The second-order valence-electron chi connectivity index (χ2n) is 9.10. The first-order chi connectivity index (χ1) is 14.7. The van der Waals surface area contributed by atoms with Crippen molar-refractivity contribution in [2.45, 2.75) is 51.7 Å². The van der Waals surface area contributed by atoms with E-state index in [1.54, 1.807) is 0 Å². The normalized spacial score (nSPS) is 22.5. The molecule has 166 valence electrons. The number of nitrogens with zero attached hydrogens (tertiary/aromatic N) is 4. The van der Waals surface area contributed by atoms with Gasteiger partial charge in [-0.3, -0.25) is 9.80 Å². The van der Waals surface area contributed by atoms with Crippen LogP contribution >= 0.6 is 0 Å². The third kappa shape index (κ3) is 5.54. The van der Waals surface area contributed by atoms with Crippen LogP contribution in [0.25, 0.3) is 0 Å². The van der Waals surface area contributed by atoms with Gasteiger partial charge in [0.1, 0.15) is 0 Å². The van der Waals surface area contributed by atoms with Gasteiger partial charge < -0.3 is 15.1 Å². The number of carbonyl (C=O) groups excluding carboxylic acids is 1. The maximum absolute atomic E-state index is 12.8. The van der Waals surface area contributed by atoms with E-state index >= 15 is 0 Å². The Balaban J connectivity index is 1.24. The van der Waals surface area contributed by atoms with Crippen LogP contribution < -0.4 is 5.32 Å². The largest absolute Gasteiger partial charge is 0.334 e. The van der Waals surface area contributed by atoms with Crippen LogP contribution in [0.5, 0.6) is 0 Å². The molecule has 0 unspecified atom stereocenters. The molecule has 30 heavy (non-hydrogen) atoms. The van der Waals surface area contributed by atoms with Crippen molar-refractivity contribution in [3.8, 4) is 0 Å². The van der Waals surface area contributed by atoms with E-state index in [-0.39, 0.29) is 6.03 Å². The Bertz CT molecular complexity index is 674. The summed E-state index contributed by atoms with van der Waals surface area (Å²) in [4.78, 5) is 22.4. The summed E-state index contributed by atoms with van der Waals surface area (Å²) < 4.78 is 0. The third-order valence-corrected chi connectivity index (χ3v) is 7.30. The first-order valence-corrected chi connectivity index (χ1v) is 12.0. The number of hydrogen-bond donors (Lipinski definition) is 1. The molecular weight excluding hydrogens is 374 g/mol. The average Bonchev–Trinajstić information content (AvgIpc) is 3.34. The Hall–Kier alpha value is -1.63. The van der Waals surface area contributed by atoms with Gasteiger partial charge in [-0.25, -0.2) is 4.79 Å². The maximum atomic E-state index is 12.8. The lowest BCUT2D eigenvalue weighted by Crippen LogP contribution is -2.53. The van der Waals surface area contributed by atoms with Crippen molar-refractivity contribution in [3.63, 3.8) is 0 Å². The van der Waals surface area contributed by atoms with Crippen molar-refractivity contribution in [2.75, 3.05) is 58.9 Å². The fourth-order valence-corrected chi connectivity index (χ4v) is 5.23. The quantitative estimate of drug-likeness (QED) is 0.778. The summed E-state index contributed by atoms with van der Waals surface area (Å²) in [6.45, 7) is 13.3. The highest BCUT2D eigenvalue weighted by Crippen LogP contribution is 2.24. The smallest absolute Gasteiger partial charge is 0.317 e. The number of likely N-dealkylation sites (N-methyl/N-ethyl adjacent to an activating group) is 1. The summed E-state index contributed by atoms with van der Waals surface area (Å²) in [6.07, 6.45) is 5.44. The number of benzene rings is 1. The van der Waals surface area contributed by atoms with Gasteiger partial charge in [-0.05, 0) is 30.5 Å². The van der Waals surface area contributed by atoms with E-state index in [0.717, 1.165) is 71.5 Å². The van der Waals surface area contributed by atoms with Crippen LogP contribution in [0.4, 0.5) is 4.79 Å². The van der Waals surface area contributed by atoms with Crippen molar-refractivity contribution in [3.05, 3.63) is 35.4 Å². The van der Waals surface area contributed by atoms with Gasteiger partial charge in [0.2, 0.25) is 0 Å². The molecule has 1 aliphatic carbocycles. The van der Waals surface area contributed by atoms with Crippen LogP contribution in [-0.2, 0) is 13.1 Å². The fraction of sp³-hybridized carbons (Fsp3) is 0.708. The Morgan fingerprint density at radius 2 is 1.53 bits per heavy atom. The summed E-state index contributed by atoms with van der Waals surface area (Å²) in [6, 6.07) is 9.43. The van der Waals surface area contributed by atoms with Gasteiger partial charge in [0.15, 0.2) is 0 Å². The zero-order valence-electron chi connectivity index (χ0n) is 18.7. The number of hydrogen-bond acceptors (Lipinski definition) is 4. The molecule has 2 saturated heterocycles. The minimum atomic E-state index is 0.0902. The molecule has 1 saturated carbocycles. The number of carbonyl (C=O) groups is 1. The number of nitrogens with one attached hydrogen (secondary N) is 1. The van der Waals surface area contributed by atoms with Gasteiger partial charge in [0, 0.05) is 71.5 Å². The van der Waals surface area contributed by atoms with Gasteiger partial charge in [-0.15, -0.1) is 0 Å². The third-order valence-electron chi connectivity index (χ3n) is 7.30. The fourth-order valence-electron chi connectivity index (χ4n) is 5.23. The lowest BCUT2D eigenvalue weighted by atomic mass is 10.1. The predicted octanol–water partition coefficient (Wildman–Crippen LogP) is 2.59. The second kappa shape index (κ2) is 10.6. The zero-order chi connectivity index (χ0) is 20.8. The van der Waals surface area contributed by atoms with Crippen LogP contribution in [0.2, 0.25) is 0 Å². The van der Waals surface area contributed by atoms with Crippen LogP contribution in [0.15, 0.2) is 24.3 Å². The van der Waals surface area contributed by atoms with Crippen molar-refractivity contribution in [1.29, 1.82) is 0 Å². The highest BCUT2D eigenvalue weighted by Gasteiger charge is 2.27. The molecule has 1 aromatic carbocycles. The minimum absolute atomic E-state index is 0.0902. The molecule has 6 heteroatoms. The van der Waals surface area contributed by atoms with Crippen LogP contribution in [0.3, 0.4) is 0 Å². The summed E-state index contributed by atoms with van der Waals surface area (Å²) in [5.41, 5.74) is 2.59. The van der Waals surface area contributed by atoms with Gasteiger partial charge in [-0.2, -0.15) is 0 Å². The molecule has 2 amide bonds. The lowest BCUT2D eigenvalue weighted by Gasteiger charge is -2.38. The molecule has 0 atom stereocenters. The van der Waals surface area contributed by atoms with Crippen LogP contribution in [0, 0.1) is 0 Å². The van der Waals surface area contributed by atoms with Crippen molar-refractivity contribution in [1.82, 2.24) is 24.9 Å². The van der Waals surface area contributed by atoms with Gasteiger partial charge >= 0.3 is 6.03 Å². The molecule has 0 bridgehead atoms. The van der Waals surface area contributed by atoms with E-state index in [4.69, 9.17) is 0 Å². The van der Waals surface area contributed by atoms with Gasteiger partial charge in [0.25, 0.3) is 0 Å². The minimum Gasteiger partial charge on any atom is -0.334 e. The maximum Gasteiger partial charge on any atom is 0.317 e. The summed E-state index contributed by atoms with van der Waals surface area (Å²) in [5.74, 6) is 0. The average molecular weight is 414 g/mol. The van der Waals surface area contributed by atoms with E-state index in [1.165, 1.54) is 36.8 Å². The zero-order valence-corrected chi connectivity index (χ0v) is 18.7. The second-order valence-corrected chi connectivity index (χ2v) is 9.10. The molecule has 2 heterocycles. The van der Waals surface area contributed by atoms with Crippen LogP contribution in [0.1, 0.15) is 43.7 Å². The SMILES string of the molecule is CCN1CCN(Cc2ccccc2CNC(=O)N2CCN(C3CCCC3)CC2)CC1. The number of piperazine rings is 2. The first kappa shape index (κ1) is 21.6. The molecule has 0 aromatic heterocycles. The van der Waals surface area contributed by atoms with E-state index in [9.17, 15) is 4.79 Å². The van der Waals surface area contributed by atoms with E-state index in [0.29, 0.717) is 6.54 Å². The number of amides is 2. The molecular formula is C24H39N5O. The van der Waals surface area contributed by atoms with E-state index < -0.39 is 0 Å². The lowest BCUT2D eigenvalue weighted by molar-refractivity contribution is 0.109. The molecule has 0 radical (unpaired) electrons. The van der Waals surface area contributed by atoms with Crippen LogP contribution in [-0.4, -0.2) is 90.6 Å². The highest BCUT2D eigenvalue weighted by atomic mass is 16.2. The Kier molecular flexibility index (Phi) is 7.63. The van der Waals surface area contributed by atoms with Crippen molar-refractivity contribution >= 4 is 6.03 Å². The molecule has 1 N–H and O–H groups in total. The molecule has 2 aliphatic heterocycles. The Labute approximate surface area is 182 Å². The van der Waals surface area contributed by atoms with E-state index in [2.05, 4.69) is 51.2 Å². The molecule has 3 aliphatic rings. The summed E-state index contributed by atoms with van der Waals surface area (Å²) >= 11 is 0. The summed E-state index contributed by atoms with van der Waals surface area (Å²) in [5, 5.41) is 3.19. The number of rotatable bonds is 6. The van der Waals surface area contributed by atoms with Gasteiger partial charge in [0.05, 0.1) is 0 Å². The number of urea groups is 1. The molecule has 4 rings (SSSR count). The molecule has 3 fully saturated rings. The standard InChI is InChI=1S/C24H39N5O/c1-2-26-11-13-27(14-12-26)20-22-8-4-3-7-21(22)19-25-24(30)29-17-15-28(16-18-29)23-9-5-6-10-23/h3-4,7-8,23H,2,5-6,9-20H2,1H3,(H,25,30). The predicted molar refractivity (Wildman–Crippen MR) is 121 cm³/mol. The first-order valence-electron chi connectivity index (χ1n) is 12.0. The van der Waals surface area contributed by atoms with Crippen molar-refractivity contribution in [2.24, 2.45) is 0 Å².